The molecule has 0 saturated heterocycles. The van der Waals surface area contributed by atoms with Crippen LogP contribution < -0.4 is 0 Å². The van der Waals surface area contributed by atoms with Crippen LogP contribution in [0.5, 0.6) is 0 Å². The Morgan fingerprint density at radius 1 is 0.675 bits per heavy atom. The van der Waals surface area contributed by atoms with Crippen molar-refractivity contribution in [1.29, 1.82) is 0 Å². The molecule has 1 unspecified atom stereocenters. The van der Waals surface area contributed by atoms with Crippen LogP contribution in [-0.2, 0) is 9.47 Å². The van der Waals surface area contributed by atoms with Crippen molar-refractivity contribution in [3.63, 3.8) is 0 Å². The Bertz CT molecular complexity index is 763. The first-order valence-corrected chi connectivity index (χ1v) is 10.3. The number of rotatable bonds is 11. The molecule has 244 valence electrons. The fourth-order valence-electron chi connectivity index (χ4n) is 1.07. The van der Waals surface area contributed by atoms with Crippen LogP contribution in [0.2, 0.25) is 0 Å². The van der Waals surface area contributed by atoms with E-state index >= 15 is 0 Å². The third-order valence-corrected chi connectivity index (χ3v) is 3.97. The van der Waals surface area contributed by atoms with E-state index in [0.717, 1.165) is 0 Å². The fraction of sp³-hybridized carbons (Fsp3) is 0.857. The highest BCUT2D eigenvalue weighted by Gasteiger charge is 2.77. The van der Waals surface area contributed by atoms with Crippen molar-refractivity contribution in [1.82, 2.24) is 0 Å². The van der Waals surface area contributed by atoms with Gasteiger partial charge in [0, 0.05) is 11.5 Å². The first-order chi connectivity index (χ1) is 17.4. The van der Waals surface area contributed by atoms with Gasteiger partial charge in [0.05, 0.1) is 13.2 Å². The molecule has 0 aromatic heterocycles. The van der Waals surface area contributed by atoms with Gasteiger partial charge in [-0.2, -0.15) is 96.0 Å². The van der Waals surface area contributed by atoms with E-state index in [4.69, 9.17) is 10.2 Å². The number of halogens is 20. The number of ether oxygens (including phenoxy) is 2. The molecule has 0 aromatic rings. The number of hydrogen-bond donors (Lipinski definition) is 3. The number of aliphatic hydroxyl groups excluding tert-OH is 2. The van der Waals surface area contributed by atoms with Gasteiger partial charge in [-0.05, 0) is 0 Å². The number of aliphatic hydroxyl groups is 2. The maximum Gasteiger partial charge on any atom is 0.476 e. The molecule has 0 heterocycles. The van der Waals surface area contributed by atoms with Crippen molar-refractivity contribution < 1.29 is 107 Å². The van der Waals surface area contributed by atoms with Crippen LogP contribution in [0.15, 0.2) is 12.1 Å². The van der Waals surface area contributed by atoms with Gasteiger partial charge >= 0.3 is 53.8 Å². The van der Waals surface area contributed by atoms with Gasteiger partial charge in [0.2, 0.25) is 0 Å². The summed E-state index contributed by atoms with van der Waals surface area (Å²) in [4.78, 5) is 0. The summed E-state index contributed by atoms with van der Waals surface area (Å²) in [6, 6.07) is -3.52. The van der Waals surface area contributed by atoms with E-state index in [1.807, 2.05) is 4.74 Å². The van der Waals surface area contributed by atoms with Gasteiger partial charge in [0.25, 0.3) is 6.36 Å². The molecule has 0 fully saturated rings. The zero-order valence-corrected chi connectivity index (χ0v) is 19.7. The molecule has 0 aliphatic carbocycles. The molecule has 2 N–H and O–H groups in total. The van der Waals surface area contributed by atoms with E-state index in [9.17, 15) is 87.8 Å². The lowest BCUT2D eigenvalue weighted by atomic mass is 10.3. The third-order valence-electron chi connectivity index (χ3n) is 2.81. The standard InChI is InChI=1S/C7H6F10O2S.C5F10O.C2H6OS/c8-3(4(9,10)20-2-1-18)19-7(16,17)5(11,12)6(13,14)15;6-1(7)2(8)16-5(14,15)3(9,10)4(11,12)13;3-1-2-4/h3,18H,1-2H2;;3-4H,1-2H2. The van der Waals surface area contributed by atoms with E-state index in [0.29, 0.717) is 5.75 Å². The average Bonchev–Trinajstić information content (AvgIpc) is 2.75. The highest BCUT2D eigenvalue weighted by atomic mass is 32.2. The minimum atomic E-state index is -6.86. The second-order valence-electron chi connectivity index (χ2n) is 5.83. The second-order valence-corrected chi connectivity index (χ2v) is 7.52. The molecule has 0 aromatic carbocycles. The van der Waals surface area contributed by atoms with E-state index in [2.05, 4.69) is 17.4 Å². The highest BCUT2D eigenvalue weighted by Crippen LogP contribution is 2.50. The van der Waals surface area contributed by atoms with Crippen molar-refractivity contribution in [2.75, 3.05) is 24.7 Å². The predicted molar refractivity (Wildman–Crippen MR) is 94.7 cm³/mol. The Kier molecular flexibility index (Phi) is 17.1. The monoisotopic (exact) mass is 688 g/mol. The number of hydrogen-bond acceptors (Lipinski definition) is 6. The molecular formula is C14H12F20O4S2. The number of alkyl halides is 17. The molecule has 0 saturated carbocycles. The smallest absolute Gasteiger partial charge is 0.397 e. The summed E-state index contributed by atoms with van der Waals surface area (Å²) in [6.07, 6.45) is -34.7. The normalized spacial score (nSPS) is 14.4. The van der Waals surface area contributed by atoms with Gasteiger partial charge in [-0.3, -0.25) is 4.74 Å². The molecule has 0 rings (SSSR count). The van der Waals surface area contributed by atoms with E-state index in [-0.39, 0.29) is 6.61 Å². The molecule has 4 nitrogen and oxygen atoms in total. The Morgan fingerprint density at radius 2 is 1.02 bits per heavy atom. The molecule has 0 spiro atoms. The summed E-state index contributed by atoms with van der Waals surface area (Å²) in [6.45, 7) is -0.759. The van der Waals surface area contributed by atoms with Crippen LogP contribution in [0.3, 0.4) is 0 Å². The van der Waals surface area contributed by atoms with Crippen molar-refractivity contribution in [2.45, 2.75) is 48.0 Å². The lowest BCUT2D eigenvalue weighted by Gasteiger charge is -2.30. The quantitative estimate of drug-likeness (QED) is 0.123. The lowest BCUT2D eigenvalue weighted by molar-refractivity contribution is -0.446. The first-order valence-electron chi connectivity index (χ1n) is 8.64. The fourth-order valence-corrected chi connectivity index (χ4v) is 1.61. The summed E-state index contributed by atoms with van der Waals surface area (Å²) in [5.74, 6) is -14.0. The molecule has 0 aliphatic heterocycles. The topological polar surface area (TPSA) is 58.9 Å². The molecule has 40 heavy (non-hydrogen) atoms. The van der Waals surface area contributed by atoms with E-state index in [1.54, 1.807) is 0 Å². The van der Waals surface area contributed by atoms with Gasteiger partial charge in [-0.1, -0.05) is 11.8 Å². The van der Waals surface area contributed by atoms with Gasteiger partial charge in [0.1, 0.15) is 0 Å². The summed E-state index contributed by atoms with van der Waals surface area (Å²) in [5, 5.41) is 11.1. The summed E-state index contributed by atoms with van der Waals surface area (Å²) < 4.78 is 242. The molecule has 0 amide bonds. The molecule has 0 bridgehead atoms. The van der Waals surface area contributed by atoms with Crippen LogP contribution in [0.1, 0.15) is 0 Å². The maximum absolute atomic E-state index is 12.7. The van der Waals surface area contributed by atoms with Crippen LogP contribution >= 0.6 is 24.4 Å². The van der Waals surface area contributed by atoms with E-state index in [1.165, 1.54) is 0 Å². The predicted octanol–water partition coefficient (Wildman–Crippen LogP) is 7.14. The van der Waals surface area contributed by atoms with Crippen LogP contribution in [-0.4, -0.2) is 83.0 Å². The molecule has 1 atom stereocenters. The van der Waals surface area contributed by atoms with E-state index < -0.39 is 84.2 Å². The largest absolute Gasteiger partial charge is 0.476 e. The Balaban J connectivity index is -0.000000614. The minimum Gasteiger partial charge on any atom is -0.397 e. The zero-order valence-electron chi connectivity index (χ0n) is 18.0. The minimum absolute atomic E-state index is 0.184. The molecule has 26 heteroatoms. The number of thiol groups is 1. The van der Waals surface area contributed by atoms with Gasteiger partial charge in [0.15, 0.2) is 0 Å². The average molecular weight is 688 g/mol. The van der Waals surface area contributed by atoms with Crippen molar-refractivity contribution in [3.05, 3.63) is 12.1 Å². The Labute approximate surface area is 217 Å². The Morgan fingerprint density at radius 3 is 1.30 bits per heavy atom. The summed E-state index contributed by atoms with van der Waals surface area (Å²) >= 11 is 2.87. The van der Waals surface area contributed by atoms with Crippen LogP contribution in [0.4, 0.5) is 87.8 Å². The van der Waals surface area contributed by atoms with Crippen LogP contribution in [0.25, 0.3) is 0 Å². The van der Waals surface area contributed by atoms with Gasteiger partial charge < -0.3 is 14.9 Å². The third kappa shape index (κ3) is 12.7. The summed E-state index contributed by atoms with van der Waals surface area (Å²) in [7, 11) is 0. The van der Waals surface area contributed by atoms with Gasteiger partial charge in [-0.15, -0.1) is 0 Å². The Hall–Kier alpha value is -1.28. The van der Waals surface area contributed by atoms with Crippen molar-refractivity contribution in [2.24, 2.45) is 0 Å². The second kappa shape index (κ2) is 15.8. The SMILES string of the molecule is FC(F)=C(F)OC(F)(F)C(F)(F)C(F)(F)F.OCCS.OCCSC(F)(F)C(F)OC(F)(F)C(F)(F)C(F)(F)F. The summed E-state index contributed by atoms with van der Waals surface area (Å²) in [5.41, 5.74) is 0. The molecule has 0 aliphatic rings. The van der Waals surface area contributed by atoms with Gasteiger partial charge in [-0.25, -0.2) is 4.39 Å². The van der Waals surface area contributed by atoms with Crippen molar-refractivity contribution in [3.8, 4) is 0 Å². The zero-order chi connectivity index (χ0) is 33.2. The highest BCUT2D eigenvalue weighted by molar-refractivity contribution is 8.00. The van der Waals surface area contributed by atoms with Crippen molar-refractivity contribution >= 4 is 24.4 Å². The lowest BCUT2D eigenvalue weighted by Crippen LogP contribution is -2.55. The molecule has 0 radical (unpaired) electrons. The number of thioether (sulfide) groups is 1. The maximum atomic E-state index is 12.7. The molecular weight excluding hydrogens is 676 g/mol. The first kappa shape index (κ1) is 43.2. The van der Waals surface area contributed by atoms with Crippen LogP contribution in [0, 0.1) is 0 Å².